The number of hydrogen-bond acceptors (Lipinski definition) is 2. The van der Waals surface area contributed by atoms with Gasteiger partial charge in [-0.25, -0.2) is 0 Å². The summed E-state index contributed by atoms with van der Waals surface area (Å²) in [7, 11) is 0. The first-order chi connectivity index (χ1) is 4.70. The highest BCUT2D eigenvalue weighted by Gasteiger charge is 2.21. The van der Waals surface area contributed by atoms with Gasteiger partial charge in [0.05, 0.1) is 6.10 Å². The summed E-state index contributed by atoms with van der Waals surface area (Å²) >= 11 is 0. The number of ether oxygens (including phenoxy) is 1. The zero-order valence-electron chi connectivity index (χ0n) is 6.84. The molecule has 0 saturated carbocycles. The minimum Gasteiger partial charge on any atom is -0.378 e. The Labute approximate surface area is 62.7 Å². The van der Waals surface area contributed by atoms with E-state index in [1.165, 1.54) is 0 Å². The summed E-state index contributed by atoms with van der Waals surface area (Å²) in [6.45, 7) is 5.22. The van der Waals surface area contributed by atoms with E-state index in [-0.39, 0.29) is 0 Å². The van der Waals surface area contributed by atoms with Crippen molar-refractivity contribution >= 4 is 0 Å². The van der Waals surface area contributed by atoms with Crippen LogP contribution < -0.4 is 5.73 Å². The molecule has 60 valence electrons. The third-order valence-corrected chi connectivity index (χ3v) is 2.10. The second-order valence-corrected chi connectivity index (χ2v) is 3.44. The van der Waals surface area contributed by atoms with Gasteiger partial charge in [0.1, 0.15) is 0 Å². The zero-order chi connectivity index (χ0) is 7.56. The van der Waals surface area contributed by atoms with Crippen LogP contribution in [0.25, 0.3) is 0 Å². The minimum atomic E-state index is 0.376. The molecule has 1 rings (SSSR count). The third kappa shape index (κ3) is 1.96. The fourth-order valence-electron chi connectivity index (χ4n) is 1.32. The molecule has 0 aromatic heterocycles. The van der Waals surface area contributed by atoms with Crippen molar-refractivity contribution in [3.05, 3.63) is 0 Å². The summed E-state index contributed by atoms with van der Waals surface area (Å²) in [5.41, 5.74) is 5.78. The van der Waals surface area contributed by atoms with Crippen LogP contribution in [0, 0.1) is 5.92 Å². The Bertz CT molecular complexity index is 103. The Kier molecular flexibility index (Phi) is 2.69. The molecule has 0 unspecified atom stereocenters. The fraction of sp³-hybridized carbons (Fsp3) is 1.00. The van der Waals surface area contributed by atoms with Gasteiger partial charge in [0.2, 0.25) is 0 Å². The van der Waals surface area contributed by atoms with Crippen molar-refractivity contribution in [2.45, 2.75) is 38.8 Å². The highest BCUT2D eigenvalue weighted by atomic mass is 16.5. The van der Waals surface area contributed by atoms with Crippen molar-refractivity contribution in [1.29, 1.82) is 0 Å². The van der Waals surface area contributed by atoms with E-state index in [9.17, 15) is 0 Å². The first kappa shape index (κ1) is 8.02. The van der Waals surface area contributed by atoms with Crippen molar-refractivity contribution < 1.29 is 4.74 Å². The number of rotatable bonds is 1. The summed E-state index contributed by atoms with van der Waals surface area (Å²) in [6.07, 6.45) is 2.48. The zero-order valence-corrected chi connectivity index (χ0v) is 6.84. The maximum atomic E-state index is 5.78. The van der Waals surface area contributed by atoms with Gasteiger partial charge in [-0.3, -0.25) is 0 Å². The summed E-state index contributed by atoms with van der Waals surface area (Å²) < 4.78 is 5.53. The van der Waals surface area contributed by atoms with E-state index in [1.807, 2.05) is 0 Å². The largest absolute Gasteiger partial charge is 0.378 e. The van der Waals surface area contributed by atoms with Gasteiger partial charge in [0.25, 0.3) is 0 Å². The molecule has 2 atom stereocenters. The molecule has 1 aliphatic heterocycles. The molecule has 1 aliphatic rings. The van der Waals surface area contributed by atoms with Crippen LogP contribution in [0.15, 0.2) is 0 Å². The molecule has 0 aliphatic carbocycles. The second kappa shape index (κ2) is 3.35. The van der Waals surface area contributed by atoms with Gasteiger partial charge in [-0.05, 0) is 18.8 Å². The molecule has 0 bridgehead atoms. The highest BCUT2D eigenvalue weighted by Crippen LogP contribution is 2.18. The smallest absolute Gasteiger partial charge is 0.0612 e. The van der Waals surface area contributed by atoms with Crippen molar-refractivity contribution in [3.63, 3.8) is 0 Å². The molecule has 1 heterocycles. The monoisotopic (exact) mass is 143 g/mol. The van der Waals surface area contributed by atoms with Crippen LogP contribution in [0.2, 0.25) is 0 Å². The van der Waals surface area contributed by atoms with Gasteiger partial charge in [-0.2, -0.15) is 0 Å². The highest BCUT2D eigenvalue weighted by molar-refractivity contribution is 4.75. The predicted molar refractivity (Wildman–Crippen MR) is 41.8 cm³/mol. The molecule has 10 heavy (non-hydrogen) atoms. The molecule has 1 fully saturated rings. The molecule has 0 amide bonds. The quantitative estimate of drug-likeness (QED) is 0.597. The predicted octanol–water partition coefficient (Wildman–Crippen LogP) is 1.15. The van der Waals surface area contributed by atoms with Crippen molar-refractivity contribution in [3.8, 4) is 0 Å². The van der Waals surface area contributed by atoms with Gasteiger partial charge >= 0.3 is 0 Å². The molecule has 0 radical (unpaired) electrons. The van der Waals surface area contributed by atoms with Gasteiger partial charge in [-0.1, -0.05) is 13.8 Å². The van der Waals surface area contributed by atoms with Crippen molar-refractivity contribution in [1.82, 2.24) is 0 Å². The number of nitrogens with two attached hydrogens (primary N) is 1. The maximum Gasteiger partial charge on any atom is 0.0612 e. The van der Waals surface area contributed by atoms with Gasteiger partial charge < -0.3 is 10.5 Å². The van der Waals surface area contributed by atoms with Crippen LogP contribution >= 0.6 is 0 Å². The van der Waals surface area contributed by atoms with Crippen molar-refractivity contribution in [2.24, 2.45) is 11.7 Å². The lowest BCUT2D eigenvalue weighted by atomic mass is 9.96. The lowest BCUT2D eigenvalue weighted by Gasteiger charge is -2.29. The molecule has 0 aromatic rings. The van der Waals surface area contributed by atoms with E-state index < -0.39 is 0 Å². The Hall–Kier alpha value is -0.0800. The summed E-state index contributed by atoms with van der Waals surface area (Å²) in [5, 5.41) is 0. The molecule has 2 N–H and O–H groups in total. The SMILES string of the molecule is CC(C)[C@@H]1C[C@H](N)CCO1. The summed E-state index contributed by atoms with van der Waals surface area (Å²) in [5.74, 6) is 0.617. The average molecular weight is 143 g/mol. The van der Waals surface area contributed by atoms with Crippen LogP contribution in [0.5, 0.6) is 0 Å². The van der Waals surface area contributed by atoms with Gasteiger partial charge in [0.15, 0.2) is 0 Å². The average Bonchev–Trinajstić information content (AvgIpc) is 1.88. The Morgan fingerprint density at radius 2 is 2.20 bits per heavy atom. The Morgan fingerprint density at radius 3 is 2.60 bits per heavy atom. The molecule has 1 saturated heterocycles. The minimum absolute atomic E-state index is 0.376. The third-order valence-electron chi connectivity index (χ3n) is 2.10. The molecular formula is C8H17NO. The van der Waals surface area contributed by atoms with E-state index in [0.29, 0.717) is 18.1 Å². The first-order valence-electron chi connectivity index (χ1n) is 4.07. The second-order valence-electron chi connectivity index (χ2n) is 3.44. The molecule has 0 aromatic carbocycles. The van der Waals surface area contributed by atoms with Gasteiger partial charge in [-0.15, -0.1) is 0 Å². The Balaban J connectivity index is 2.32. The lowest BCUT2D eigenvalue weighted by Crippen LogP contribution is -2.37. The van der Waals surface area contributed by atoms with Crippen LogP contribution in [0.3, 0.4) is 0 Å². The molecule has 2 heteroatoms. The van der Waals surface area contributed by atoms with E-state index in [1.54, 1.807) is 0 Å². The fourth-order valence-corrected chi connectivity index (χ4v) is 1.32. The van der Waals surface area contributed by atoms with Crippen LogP contribution in [0.4, 0.5) is 0 Å². The standard InChI is InChI=1S/C8H17NO/c1-6(2)8-5-7(9)3-4-10-8/h6-8H,3-5,9H2,1-2H3/t7-,8+/m1/s1. The topological polar surface area (TPSA) is 35.2 Å². The van der Waals surface area contributed by atoms with E-state index in [0.717, 1.165) is 19.4 Å². The lowest BCUT2D eigenvalue weighted by molar-refractivity contribution is -0.0188. The summed E-state index contributed by atoms with van der Waals surface area (Å²) in [6, 6.07) is 0.376. The van der Waals surface area contributed by atoms with E-state index in [4.69, 9.17) is 10.5 Å². The summed E-state index contributed by atoms with van der Waals surface area (Å²) in [4.78, 5) is 0. The normalized spacial score (nSPS) is 34.8. The van der Waals surface area contributed by atoms with E-state index in [2.05, 4.69) is 13.8 Å². The molecule has 0 spiro atoms. The first-order valence-corrected chi connectivity index (χ1v) is 4.07. The van der Waals surface area contributed by atoms with Crippen LogP contribution in [0.1, 0.15) is 26.7 Å². The molecular weight excluding hydrogens is 126 g/mol. The van der Waals surface area contributed by atoms with Crippen LogP contribution in [-0.4, -0.2) is 18.8 Å². The molecule has 2 nitrogen and oxygen atoms in total. The Morgan fingerprint density at radius 1 is 1.50 bits per heavy atom. The van der Waals surface area contributed by atoms with E-state index >= 15 is 0 Å². The van der Waals surface area contributed by atoms with Crippen LogP contribution in [-0.2, 0) is 4.74 Å². The van der Waals surface area contributed by atoms with Gasteiger partial charge in [0, 0.05) is 12.6 Å². The number of hydrogen-bond donors (Lipinski definition) is 1. The maximum absolute atomic E-state index is 5.78. The van der Waals surface area contributed by atoms with Crippen molar-refractivity contribution in [2.75, 3.05) is 6.61 Å².